The van der Waals surface area contributed by atoms with E-state index in [0.29, 0.717) is 4.67 Å². The highest BCUT2D eigenvalue weighted by atomic mass is 79.9. The number of aryl methyl sites for hydroxylation is 1. The Labute approximate surface area is 111 Å². The van der Waals surface area contributed by atoms with Gasteiger partial charge in [-0.2, -0.15) is 0 Å². The summed E-state index contributed by atoms with van der Waals surface area (Å²) >= 11 is 4.69. The largest absolute Gasteiger partial charge is 0.444 e. The lowest BCUT2D eigenvalue weighted by Gasteiger charge is -2.09. The maximum Gasteiger partial charge on any atom is 0.287 e. The maximum atomic E-state index is 11.8. The number of thiazole rings is 1. The molecule has 0 bridgehead atoms. The maximum absolute atomic E-state index is 11.8. The van der Waals surface area contributed by atoms with Gasteiger partial charge in [0.1, 0.15) is 5.01 Å². The summed E-state index contributed by atoms with van der Waals surface area (Å²) in [6, 6.07) is 3.19. The predicted molar refractivity (Wildman–Crippen MR) is 69.1 cm³/mol. The summed E-state index contributed by atoms with van der Waals surface area (Å²) in [4.78, 5) is 16.1. The van der Waals surface area contributed by atoms with E-state index in [1.165, 1.54) is 11.3 Å². The summed E-state index contributed by atoms with van der Waals surface area (Å²) in [5, 5.41) is 5.68. The fraction of sp³-hybridized carbons (Fsp3) is 0.273. The standard InChI is InChI=1S/C11H11BrN2O2S/c1-6-5-17-11(13-6)7(2)14-10(15)8-3-4-9(12)16-8/h3-5,7H,1-2H3,(H,14,15). The number of aromatic nitrogens is 1. The van der Waals surface area contributed by atoms with Crippen LogP contribution in [0.25, 0.3) is 0 Å². The van der Waals surface area contributed by atoms with Crippen LogP contribution >= 0.6 is 27.3 Å². The van der Waals surface area contributed by atoms with Gasteiger partial charge in [-0.05, 0) is 41.9 Å². The van der Waals surface area contributed by atoms with Crippen molar-refractivity contribution >= 4 is 33.2 Å². The number of hydrogen-bond acceptors (Lipinski definition) is 4. The molecule has 0 spiro atoms. The van der Waals surface area contributed by atoms with Crippen molar-refractivity contribution < 1.29 is 9.21 Å². The zero-order valence-corrected chi connectivity index (χ0v) is 11.8. The minimum Gasteiger partial charge on any atom is -0.444 e. The van der Waals surface area contributed by atoms with Gasteiger partial charge in [0.15, 0.2) is 10.4 Å². The molecule has 4 nitrogen and oxygen atoms in total. The first-order chi connectivity index (χ1) is 8.06. The van der Waals surface area contributed by atoms with Gasteiger partial charge in [-0.3, -0.25) is 4.79 Å². The van der Waals surface area contributed by atoms with Gasteiger partial charge < -0.3 is 9.73 Å². The highest BCUT2D eigenvalue weighted by molar-refractivity contribution is 9.10. The van der Waals surface area contributed by atoms with Crippen LogP contribution in [0, 0.1) is 6.92 Å². The lowest BCUT2D eigenvalue weighted by atomic mass is 10.3. The Hall–Kier alpha value is -1.14. The average Bonchev–Trinajstić information content (AvgIpc) is 2.87. The van der Waals surface area contributed by atoms with Crippen molar-refractivity contribution in [2.75, 3.05) is 0 Å². The fourth-order valence-electron chi connectivity index (χ4n) is 1.34. The number of hydrogen-bond donors (Lipinski definition) is 1. The Morgan fingerprint density at radius 3 is 2.88 bits per heavy atom. The molecule has 2 aromatic heterocycles. The van der Waals surface area contributed by atoms with Gasteiger partial charge in [0.25, 0.3) is 5.91 Å². The lowest BCUT2D eigenvalue weighted by Crippen LogP contribution is -2.26. The molecule has 0 aliphatic carbocycles. The van der Waals surface area contributed by atoms with Crippen LogP contribution in [0.4, 0.5) is 0 Å². The number of amides is 1. The number of rotatable bonds is 3. The first-order valence-electron chi connectivity index (χ1n) is 5.04. The molecule has 6 heteroatoms. The zero-order valence-electron chi connectivity index (χ0n) is 9.36. The third-order valence-corrected chi connectivity index (χ3v) is 3.72. The van der Waals surface area contributed by atoms with Crippen molar-refractivity contribution in [3.8, 4) is 0 Å². The number of carbonyl (C=O) groups excluding carboxylic acids is 1. The molecule has 1 atom stereocenters. The molecular weight excluding hydrogens is 304 g/mol. The van der Waals surface area contributed by atoms with Crippen molar-refractivity contribution in [3.63, 3.8) is 0 Å². The van der Waals surface area contributed by atoms with Crippen molar-refractivity contribution in [1.29, 1.82) is 0 Å². The predicted octanol–water partition coefficient (Wildman–Crippen LogP) is 3.30. The zero-order chi connectivity index (χ0) is 12.4. The Balaban J connectivity index is 2.04. The van der Waals surface area contributed by atoms with E-state index in [-0.39, 0.29) is 17.7 Å². The first kappa shape index (κ1) is 12.3. The average molecular weight is 315 g/mol. The van der Waals surface area contributed by atoms with E-state index in [1.54, 1.807) is 12.1 Å². The molecule has 2 heterocycles. The molecule has 0 saturated heterocycles. The van der Waals surface area contributed by atoms with Gasteiger partial charge in [0.2, 0.25) is 0 Å². The van der Waals surface area contributed by atoms with Crippen LogP contribution in [-0.2, 0) is 0 Å². The molecular formula is C11H11BrN2O2S. The Morgan fingerprint density at radius 2 is 2.35 bits per heavy atom. The van der Waals surface area contributed by atoms with Crippen molar-refractivity contribution in [3.05, 3.63) is 38.6 Å². The molecule has 0 radical (unpaired) electrons. The quantitative estimate of drug-likeness (QED) is 0.945. The SMILES string of the molecule is Cc1csc(C(C)NC(=O)c2ccc(Br)o2)n1. The van der Waals surface area contributed by atoms with Crippen LogP contribution in [0.2, 0.25) is 0 Å². The van der Waals surface area contributed by atoms with E-state index in [4.69, 9.17) is 4.42 Å². The molecule has 0 saturated carbocycles. The van der Waals surface area contributed by atoms with Crippen LogP contribution in [0.5, 0.6) is 0 Å². The third-order valence-electron chi connectivity index (χ3n) is 2.15. The molecule has 90 valence electrons. The Kier molecular flexibility index (Phi) is 3.63. The Bertz CT molecular complexity index is 535. The molecule has 0 aromatic carbocycles. The van der Waals surface area contributed by atoms with Gasteiger partial charge in [-0.25, -0.2) is 4.98 Å². The number of nitrogens with zero attached hydrogens (tertiary/aromatic N) is 1. The van der Waals surface area contributed by atoms with Gasteiger partial charge in [-0.15, -0.1) is 11.3 Å². The van der Waals surface area contributed by atoms with Crippen LogP contribution in [0.1, 0.15) is 34.2 Å². The number of carbonyl (C=O) groups is 1. The first-order valence-corrected chi connectivity index (χ1v) is 6.72. The minimum atomic E-state index is -0.240. The van der Waals surface area contributed by atoms with Crippen LogP contribution in [0.15, 0.2) is 26.6 Å². The molecule has 2 aromatic rings. The second-order valence-electron chi connectivity index (χ2n) is 3.63. The third kappa shape index (κ3) is 2.95. The molecule has 1 unspecified atom stereocenters. The molecule has 1 N–H and O–H groups in total. The summed E-state index contributed by atoms with van der Waals surface area (Å²) in [5.41, 5.74) is 0.965. The van der Waals surface area contributed by atoms with Crippen molar-refractivity contribution in [2.45, 2.75) is 19.9 Å². The monoisotopic (exact) mass is 314 g/mol. The van der Waals surface area contributed by atoms with E-state index in [9.17, 15) is 4.79 Å². The molecule has 2 rings (SSSR count). The molecule has 0 aliphatic heterocycles. The summed E-state index contributed by atoms with van der Waals surface area (Å²) < 4.78 is 5.72. The highest BCUT2D eigenvalue weighted by Gasteiger charge is 2.16. The van der Waals surface area contributed by atoms with E-state index in [2.05, 4.69) is 26.2 Å². The van der Waals surface area contributed by atoms with Crippen molar-refractivity contribution in [2.24, 2.45) is 0 Å². The van der Waals surface area contributed by atoms with Crippen LogP contribution < -0.4 is 5.32 Å². The minimum absolute atomic E-state index is 0.120. The summed E-state index contributed by atoms with van der Waals surface area (Å²) in [6.45, 7) is 3.83. The normalized spacial score (nSPS) is 12.4. The second-order valence-corrected chi connectivity index (χ2v) is 5.30. The smallest absolute Gasteiger partial charge is 0.287 e. The number of halogens is 1. The topological polar surface area (TPSA) is 55.1 Å². The van der Waals surface area contributed by atoms with Crippen LogP contribution in [-0.4, -0.2) is 10.9 Å². The van der Waals surface area contributed by atoms with Gasteiger partial charge in [0, 0.05) is 11.1 Å². The summed E-state index contributed by atoms with van der Waals surface area (Å²) in [6.07, 6.45) is 0. The molecule has 17 heavy (non-hydrogen) atoms. The molecule has 0 aliphatic rings. The van der Waals surface area contributed by atoms with Crippen molar-refractivity contribution in [1.82, 2.24) is 10.3 Å². The second kappa shape index (κ2) is 5.01. The summed E-state index contributed by atoms with van der Waals surface area (Å²) in [5.74, 6) is 0.0491. The van der Waals surface area contributed by atoms with E-state index in [0.717, 1.165) is 10.7 Å². The van der Waals surface area contributed by atoms with Gasteiger partial charge in [-0.1, -0.05) is 0 Å². The Morgan fingerprint density at radius 1 is 1.59 bits per heavy atom. The van der Waals surface area contributed by atoms with Gasteiger partial charge in [0.05, 0.1) is 6.04 Å². The highest BCUT2D eigenvalue weighted by Crippen LogP contribution is 2.19. The van der Waals surface area contributed by atoms with Crippen LogP contribution in [0.3, 0.4) is 0 Å². The lowest BCUT2D eigenvalue weighted by molar-refractivity contribution is 0.0910. The fourth-order valence-corrected chi connectivity index (χ4v) is 2.45. The summed E-state index contributed by atoms with van der Waals surface area (Å²) in [7, 11) is 0. The number of nitrogens with one attached hydrogen (secondary N) is 1. The van der Waals surface area contributed by atoms with E-state index in [1.807, 2.05) is 19.2 Å². The molecule has 1 amide bonds. The molecule has 0 fully saturated rings. The van der Waals surface area contributed by atoms with E-state index < -0.39 is 0 Å². The van der Waals surface area contributed by atoms with Gasteiger partial charge >= 0.3 is 0 Å². The number of furan rings is 1. The van der Waals surface area contributed by atoms with E-state index >= 15 is 0 Å².